The number of thiophene rings is 2. The summed E-state index contributed by atoms with van der Waals surface area (Å²) in [6.07, 6.45) is 7.81. The second-order valence-electron chi connectivity index (χ2n) is 12.3. The molecule has 0 saturated carbocycles. The predicted octanol–water partition coefficient (Wildman–Crippen LogP) is 14.2. The lowest BCUT2D eigenvalue weighted by atomic mass is 9.88. The number of hydrogen-bond acceptors (Lipinski definition) is 3. The third kappa shape index (κ3) is 5.07. The van der Waals surface area contributed by atoms with Crippen LogP contribution < -0.4 is 4.90 Å². The molecule has 8 aromatic rings. The maximum Gasteiger partial charge on any atom is 0.0468 e. The summed E-state index contributed by atoms with van der Waals surface area (Å²) in [5.74, 6) is 0.519. The van der Waals surface area contributed by atoms with Gasteiger partial charge in [0.2, 0.25) is 0 Å². The lowest BCUT2D eigenvalue weighted by Gasteiger charge is -2.26. The van der Waals surface area contributed by atoms with Gasteiger partial charge in [0.05, 0.1) is 0 Å². The van der Waals surface area contributed by atoms with Crippen LogP contribution in [0.3, 0.4) is 0 Å². The fraction of sp³-hybridized carbons (Fsp3) is 0.0698. The zero-order chi connectivity index (χ0) is 31.5. The van der Waals surface area contributed by atoms with Crippen LogP contribution in [0.2, 0.25) is 5.02 Å². The van der Waals surface area contributed by atoms with Crippen molar-refractivity contribution >= 4 is 97.3 Å². The normalized spacial score (nSPS) is 14.8. The third-order valence-electron chi connectivity index (χ3n) is 9.40. The number of fused-ring (bicyclic) bond motifs is 6. The maximum absolute atomic E-state index is 6.17. The van der Waals surface area contributed by atoms with E-state index in [1.165, 1.54) is 62.6 Å². The molecule has 0 aliphatic heterocycles. The van der Waals surface area contributed by atoms with E-state index in [1.807, 2.05) is 34.8 Å². The van der Waals surface area contributed by atoms with Crippen LogP contribution in [0.25, 0.3) is 57.0 Å². The van der Waals surface area contributed by atoms with E-state index in [-0.39, 0.29) is 0 Å². The zero-order valence-electron chi connectivity index (χ0n) is 25.8. The molecule has 226 valence electrons. The summed E-state index contributed by atoms with van der Waals surface area (Å²) < 4.78 is 5.21. The monoisotopic (exact) mass is 659 g/mol. The minimum Gasteiger partial charge on any atom is -0.310 e. The highest BCUT2D eigenvalue weighted by atomic mass is 35.5. The molecule has 0 saturated heterocycles. The Morgan fingerprint density at radius 1 is 0.553 bits per heavy atom. The summed E-state index contributed by atoms with van der Waals surface area (Å²) in [5.41, 5.74) is 8.54. The minimum absolute atomic E-state index is 0.519. The summed E-state index contributed by atoms with van der Waals surface area (Å²) in [6.45, 7) is 2.31. The molecule has 0 amide bonds. The molecule has 0 radical (unpaired) electrons. The van der Waals surface area contributed by atoms with E-state index in [4.69, 9.17) is 11.6 Å². The van der Waals surface area contributed by atoms with Gasteiger partial charge in [0.1, 0.15) is 0 Å². The highest BCUT2D eigenvalue weighted by molar-refractivity contribution is 7.26. The summed E-state index contributed by atoms with van der Waals surface area (Å²) >= 11 is 9.88. The number of benzene rings is 6. The number of halogens is 1. The van der Waals surface area contributed by atoms with Gasteiger partial charge in [0.15, 0.2) is 0 Å². The topological polar surface area (TPSA) is 3.24 Å². The van der Waals surface area contributed by atoms with E-state index >= 15 is 0 Å². The molecule has 2 heterocycles. The van der Waals surface area contributed by atoms with E-state index in [9.17, 15) is 0 Å². The first-order valence-corrected chi connectivity index (χ1v) is 18.0. The van der Waals surface area contributed by atoms with Crippen molar-refractivity contribution in [3.05, 3.63) is 156 Å². The summed E-state index contributed by atoms with van der Waals surface area (Å²) in [7, 11) is 0. The Bertz CT molecular complexity index is 2510. The number of rotatable bonds is 5. The predicted molar refractivity (Wildman–Crippen MR) is 208 cm³/mol. The van der Waals surface area contributed by atoms with Crippen molar-refractivity contribution in [2.45, 2.75) is 13.3 Å². The molecular weight excluding hydrogens is 630 g/mol. The summed E-state index contributed by atoms with van der Waals surface area (Å²) in [6, 6.07) is 46.7. The Kier molecular flexibility index (Phi) is 7.01. The van der Waals surface area contributed by atoms with E-state index in [0.717, 1.165) is 28.5 Å². The van der Waals surface area contributed by atoms with E-state index in [0.29, 0.717) is 5.92 Å². The highest BCUT2D eigenvalue weighted by Crippen LogP contribution is 2.44. The van der Waals surface area contributed by atoms with Gasteiger partial charge in [-0.05, 0) is 107 Å². The van der Waals surface area contributed by atoms with E-state index in [1.54, 1.807) is 0 Å². The minimum atomic E-state index is 0.519. The average Bonchev–Trinajstić information content (AvgIpc) is 3.67. The lowest BCUT2D eigenvalue weighted by molar-refractivity contribution is 0.758. The SMILES string of the molecule is CC1CC=CC=C1c1ccc(N(c2ccc3sc4ccccc4c3c2)c2ccc3sc4cc(-c5ccc(Cl)cc5)ccc4c3c2)cc1. The Balaban J connectivity index is 1.19. The van der Waals surface area contributed by atoms with Crippen molar-refractivity contribution in [3.8, 4) is 11.1 Å². The summed E-state index contributed by atoms with van der Waals surface area (Å²) in [4.78, 5) is 2.42. The first-order chi connectivity index (χ1) is 23.1. The van der Waals surface area contributed by atoms with Crippen LogP contribution in [-0.2, 0) is 0 Å². The van der Waals surface area contributed by atoms with Gasteiger partial charge in [0, 0.05) is 62.4 Å². The molecule has 0 bridgehead atoms. The molecule has 6 aromatic carbocycles. The fourth-order valence-corrected chi connectivity index (χ4v) is 9.29. The molecule has 9 rings (SSSR count). The first kappa shape index (κ1) is 28.5. The van der Waals surface area contributed by atoms with Gasteiger partial charge in [-0.2, -0.15) is 0 Å². The van der Waals surface area contributed by atoms with Crippen molar-refractivity contribution in [2.75, 3.05) is 4.90 Å². The van der Waals surface area contributed by atoms with Crippen molar-refractivity contribution in [1.29, 1.82) is 0 Å². The molecule has 0 N–H and O–H groups in total. The van der Waals surface area contributed by atoms with Gasteiger partial charge in [0.25, 0.3) is 0 Å². The van der Waals surface area contributed by atoms with Gasteiger partial charge >= 0.3 is 0 Å². The van der Waals surface area contributed by atoms with Crippen molar-refractivity contribution in [2.24, 2.45) is 5.92 Å². The smallest absolute Gasteiger partial charge is 0.0468 e. The van der Waals surface area contributed by atoms with Gasteiger partial charge in [-0.25, -0.2) is 0 Å². The van der Waals surface area contributed by atoms with Crippen molar-refractivity contribution < 1.29 is 0 Å². The zero-order valence-corrected chi connectivity index (χ0v) is 28.2. The number of allylic oxidation sites excluding steroid dienone is 4. The van der Waals surface area contributed by atoms with Crippen LogP contribution in [0.15, 0.2) is 146 Å². The van der Waals surface area contributed by atoms with Crippen LogP contribution in [0.5, 0.6) is 0 Å². The Morgan fingerprint density at radius 2 is 1.15 bits per heavy atom. The number of nitrogens with zero attached hydrogens (tertiary/aromatic N) is 1. The molecule has 1 aliphatic rings. The van der Waals surface area contributed by atoms with Crippen molar-refractivity contribution in [3.63, 3.8) is 0 Å². The Hall–Kier alpha value is -4.67. The van der Waals surface area contributed by atoms with E-state index in [2.05, 4.69) is 145 Å². The molecule has 0 spiro atoms. The highest BCUT2D eigenvalue weighted by Gasteiger charge is 2.18. The average molecular weight is 660 g/mol. The summed E-state index contributed by atoms with van der Waals surface area (Å²) in [5, 5.41) is 5.93. The second-order valence-corrected chi connectivity index (χ2v) is 15.0. The van der Waals surface area contributed by atoms with Crippen LogP contribution in [0.4, 0.5) is 17.1 Å². The molecular formula is C43H30ClNS2. The van der Waals surface area contributed by atoms with Gasteiger partial charge in [-0.15, -0.1) is 22.7 Å². The van der Waals surface area contributed by atoms with Gasteiger partial charge < -0.3 is 4.90 Å². The van der Waals surface area contributed by atoms with Gasteiger partial charge in [-0.1, -0.05) is 91.4 Å². The Labute approximate surface area is 287 Å². The quantitative estimate of drug-likeness (QED) is 0.178. The maximum atomic E-state index is 6.17. The lowest BCUT2D eigenvalue weighted by Crippen LogP contribution is -2.10. The molecule has 1 atom stereocenters. The standard InChI is InChI=1S/C43H30ClNS2/c1-27-6-2-3-7-35(27)29-12-17-32(18-13-29)45(33-19-22-41-38(25-33)36-8-4-5-9-40(36)46-41)34-20-23-42-39(26-34)37-21-14-30(24-43(37)47-42)28-10-15-31(44)16-11-28/h2-5,7-27H,6H2,1H3. The molecule has 0 fully saturated rings. The fourth-order valence-electron chi connectivity index (χ4n) is 6.96. The first-order valence-electron chi connectivity index (χ1n) is 16.0. The largest absolute Gasteiger partial charge is 0.310 e. The molecule has 1 nitrogen and oxygen atoms in total. The van der Waals surface area contributed by atoms with E-state index < -0.39 is 0 Å². The van der Waals surface area contributed by atoms with Crippen LogP contribution in [0, 0.1) is 5.92 Å². The molecule has 4 heteroatoms. The molecule has 1 unspecified atom stereocenters. The third-order valence-corrected chi connectivity index (χ3v) is 11.9. The van der Waals surface area contributed by atoms with Crippen LogP contribution in [-0.4, -0.2) is 0 Å². The number of anilines is 3. The van der Waals surface area contributed by atoms with Crippen molar-refractivity contribution in [1.82, 2.24) is 0 Å². The number of hydrogen-bond donors (Lipinski definition) is 0. The Morgan fingerprint density at radius 3 is 1.87 bits per heavy atom. The van der Waals surface area contributed by atoms with Crippen LogP contribution >= 0.6 is 34.3 Å². The second kappa shape index (κ2) is 11.5. The van der Waals surface area contributed by atoms with Crippen LogP contribution in [0.1, 0.15) is 18.9 Å². The molecule has 1 aliphatic carbocycles. The van der Waals surface area contributed by atoms with Gasteiger partial charge in [-0.3, -0.25) is 0 Å². The molecule has 2 aromatic heterocycles. The molecule has 47 heavy (non-hydrogen) atoms.